The van der Waals surface area contributed by atoms with Gasteiger partial charge in [-0.3, -0.25) is 4.79 Å². The number of amides is 1. The maximum absolute atomic E-state index is 13.3. The van der Waals surface area contributed by atoms with Crippen LogP contribution in [0.2, 0.25) is 0 Å². The monoisotopic (exact) mass is 572 g/mol. The molecule has 0 spiro atoms. The number of nitriles is 1. The molecule has 1 aromatic carbocycles. The summed E-state index contributed by atoms with van der Waals surface area (Å²) in [5, 5.41) is 32.7. The first-order valence-corrected chi connectivity index (χ1v) is 13.6. The standard InChI is InChI=1S/C30H32N6O6/c1-18-16-36(21(17-37)14-25(18)38)29(39)23-4-6-27(34-28(23)40-2)35-30-32-10-7-24(33-30)19-3-5-26(20(13-19)15-31)42-22-8-11-41-12-9-22/h3-7,10,13,16,21-22,25,37-38H,8-9,11-12,14,17H2,1-2H3,(H,32,33,34,35). The molecule has 12 nitrogen and oxygen atoms in total. The third kappa shape index (κ3) is 6.33. The van der Waals surface area contributed by atoms with E-state index >= 15 is 0 Å². The molecule has 42 heavy (non-hydrogen) atoms. The van der Waals surface area contributed by atoms with Crippen LogP contribution in [0.3, 0.4) is 0 Å². The van der Waals surface area contributed by atoms with E-state index in [4.69, 9.17) is 14.2 Å². The normalized spacial score (nSPS) is 19.0. The number of aliphatic hydroxyl groups excluding tert-OH is 2. The van der Waals surface area contributed by atoms with Gasteiger partial charge < -0.3 is 34.6 Å². The Bertz CT molecular complexity index is 1520. The van der Waals surface area contributed by atoms with E-state index in [0.29, 0.717) is 41.6 Å². The lowest BCUT2D eigenvalue weighted by Gasteiger charge is -2.34. The molecule has 1 saturated heterocycles. The first-order valence-electron chi connectivity index (χ1n) is 13.6. The quantitative estimate of drug-likeness (QED) is 0.363. The van der Waals surface area contributed by atoms with Gasteiger partial charge in [0, 0.05) is 37.2 Å². The maximum atomic E-state index is 13.3. The summed E-state index contributed by atoms with van der Waals surface area (Å²) in [6, 6.07) is 11.9. The number of carbonyl (C=O) groups excluding carboxylic acids is 1. The maximum Gasteiger partial charge on any atom is 0.263 e. The van der Waals surface area contributed by atoms with Gasteiger partial charge in [0.1, 0.15) is 29.3 Å². The van der Waals surface area contributed by atoms with Gasteiger partial charge in [0.05, 0.1) is 50.3 Å². The fourth-order valence-corrected chi connectivity index (χ4v) is 4.87. The van der Waals surface area contributed by atoms with E-state index in [9.17, 15) is 20.3 Å². The van der Waals surface area contributed by atoms with Crippen LogP contribution in [-0.2, 0) is 4.74 Å². The summed E-state index contributed by atoms with van der Waals surface area (Å²) in [5.74, 6) is 0.799. The molecule has 12 heteroatoms. The van der Waals surface area contributed by atoms with Crippen LogP contribution in [0.4, 0.5) is 11.8 Å². The summed E-state index contributed by atoms with van der Waals surface area (Å²) in [6.45, 7) is 2.72. The molecule has 0 radical (unpaired) electrons. The Labute approximate surface area is 243 Å². The van der Waals surface area contributed by atoms with Crippen LogP contribution in [-0.4, -0.2) is 81.2 Å². The van der Waals surface area contributed by atoms with Crippen molar-refractivity contribution in [2.45, 2.75) is 44.4 Å². The van der Waals surface area contributed by atoms with Crippen molar-refractivity contribution >= 4 is 17.7 Å². The number of ether oxygens (including phenoxy) is 3. The van der Waals surface area contributed by atoms with Gasteiger partial charge in [0.15, 0.2) is 0 Å². The minimum Gasteiger partial charge on any atom is -0.489 e. The number of anilines is 2. The molecule has 0 bridgehead atoms. The second-order valence-corrected chi connectivity index (χ2v) is 10.1. The van der Waals surface area contributed by atoms with Crippen LogP contribution in [0, 0.1) is 11.3 Å². The molecule has 2 atom stereocenters. The molecule has 3 N–H and O–H groups in total. The number of hydrogen-bond acceptors (Lipinski definition) is 11. The Balaban J connectivity index is 1.34. The lowest BCUT2D eigenvalue weighted by Crippen LogP contribution is -2.44. The summed E-state index contributed by atoms with van der Waals surface area (Å²) < 4.78 is 16.9. The van der Waals surface area contributed by atoms with Gasteiger partial charge in [-0.25, -0.2) is 9.97 Å². The van der Waals surface area contributed by atoms with E-state index in [-0.39, 0.29) is 36.5 Å². The molecule has 2 aliphatic heterocycles. The zero-order valence-electron chi connectivity index (χ0n) is 23.4. The van der Waals surface area contributed by atoms with E-state index in [2.05, 4.69) is 26.3 Å². The number of benzene rings is 1. The number of hydrogen-bond donors (Lipinski definition) is 3. The van der Waals surface area contributed by atoms with Crippen molar-refractivity contribution in [1.82, 2.24) is 19.9 Å². The molecule has 2 aromatic heterocycles. The molecule has 0 aliphatic carbocycles. The van der Waals surface area contributed by atoms with Gasteiger partial charge in [0.2, 0.25) is 11.8 Å². The van der Waals surface area contributed by atoms with E-state index in [1.807, 2.05) is 6.07 Å². The molecular formula is C30H32N6O6. The van der Waals surface area contributed by atoms with Crippen LogP contribution >= 0.6 is 0 Å². The van der Waals surface area contributed by atoms with Crippen molar-refractivity contribution in [1.29, 1.82) is 5.26 Å². The minimum absolute atomic E-state index is 0.0159. The number of carbonyl (C=O) groups is 1. The molecular weight excluding hydrogens is 540 g/mol. The SMILES string of the molecule is COc1nc(Nc2nccc(-c3ccc(OC4CCOCC4)c(C#N)c3)n2)ccc1C(=O)N1C=C(C)C(O)CC1CO. The van der Waals surface area contributed by atoms with Gasteiger partial charge >= 0.3 is 0 Å². The van der Waals surface area contributed by atoms with E-state index in [1.165, 1.54) is 12.0 Å². The van der Waals surface area contributed by atoms with Crippen LogP contribution in [0.1, 0.15) is 42.1 Å². The van der Waals surface area contributed by atoms with Crippen molar-refractivity contribution in [3.63, 3.8) is 0 Å². The number of nitrogens with one attached hydrogen (secondary N) is 1. The third-order valence-electron chi connectivity index (χ3n) is 7.24. The van der Waals surface area contributed by atoms with E-state index in [1.54, 1.807) is 49.7 Å². The molecule has 218 valence electrons. The van der Waals surface area contributed by atoms with E-state index in [0.717, 1.165) is 18.4 Å². The summed E-state index contributed by atoms with van der Waals surface area (Å²) in [7, 11) is 1.41. The summed E-state index contributed by atoms with van der Waals surface area (Å²) in [6.07, 6.45) is 4.23. The Kier molecular flexibility index (Phi) is 8.92. The molecule has 4 heterocycles. The topological polar surface area (TPSA) is 163 Å². The molecule has 3 aromatic rings. The number of aliphatic hydroxyl groups is 2. The molecule has 1 fully saturated rings. The average Bonchev–Trinajstić information content (AvgIpc) is 3.02. The highest BCUT2D eigenvalue weighted by Gasteiger charge is 2.32. The fraction of sp³-hybridized carbons (Fsp3) is 0.367. The van der Waals surface area contributed by atoms with Gasteiger partial charge in [-0.05, 0) is 48.9 Å². The summed E-state index contributed by atoms with van der Waals surface area (Å²) in [5.41, 5.74) is 2.54. The van der Waals surface area contributed by atoms with Crippen molar-refractivity contribution < 1.29 is 29.2 Å². The Morgan fingerprint density at radius 2 is 2.02 bits per heavy atom. The zero-order valence-corrected chi connectivity index (χ0v) is 23.4. The lowest BCUT2D eigenvalue weighted by atomic mass is 9.98. The first kappa shape index (κ1) is 28.9. The van der Waals surface area contributed by atoms with Gasteiger partial charge in [-0.15, -0.1) is 0 Å². The number of aromatic nitrogens is 3. The average molecular weight is 573 g/mol. The fourth-order valence-electron chi connectivity index (χ4n) is 4.87. The number of nitrogens with zero attached hydrogens (tertiary/aromatic N) is 5. The number of pyridine rings is 1. The second kappa shape index (κ2) is 12.9. The predicted molar refractivity (Wildman–Crippen MR) is 152 cm³/mol. The predicted octanol–water partition coefficient (Wildman–Crippen LogP) is 3.19. The van der Waals surface area contributed by atoms with Gasteiger partial charge in [0.25, 0.3) is 5.91 Å². The molecule has 5 rings (SSSR count). The lowest BCUT2D eigenvalue weighted by molar-refractivity contribution is 0.0254. The highest BCUT2D eigenvalue weighted by Crippen LogP contribution is 2.30. The Morgan fingerprint density at radius 3 is 2.76 bits per heavy atom. The summed E-state index contributed by atoms with van der Waals surface area (Å²) in [4.78, 5) is 28.0. The van der Waals surface area contributed by atoms with Crippen molar-refractivity contribution in [2.75, 3.05) is 32.2 Å². The van der Waals surface area contributed by atoms with Gasteiger partial charge in [-0.1, -0.05) is 0 Å². The molecule has 1 amide bonds. The largest absolute Gasteiger partial charge is 0.489 e. The Morgan fingerprint density at radius 1 is 1.21 bits per heavy atom. The van der Waals surface area contributed by atoms with Crippen LogP contribution in [0.5, 0.6) is 11.6 Å². The Hall–Kier alpha value is -4.57. The van der Waals surface area contributed by atoms with Gasteiger partial charge in [-0.2, -0.15) is 10.2 Å². The zero-order chi connectivity index (χ0) is 29.6. The minimum atomic E-state index is -0.719. The van der Waals surface area contributed by atoms with Crippen molar-refractivity contribution in [2.24, 2.45) is 0 Å². The smallest absolute Gasteiger partial charge is 0.263 e. The molecule has 2 unspecified atom stereocenters. The number of methoxy groups -OCH3 is 1. The van der Waals surface area contributed by atoms with E-state index < -0.39 is 18.1 Å². The van der Waals surface area contributed by atoms with Crippen LogP contribution in [0.15, 0.2) is 54.4 Å². The second-order valence-electron chi connectivity index (χ2n) is 10.1. The third-order valence-corrected chi connectivity index (χ3v) is 7.24. The first-order chi connectivity index (χ1) is 20.4. The summed E-state index contributed by atoms with van der Waals surface area (Å²) >= 11 is 0. The van der Waals surface area contributed by atoms with Crippen LogP contribution < -0.4 is 14.8 Å². The highest BCUT2D eigenvalue weighted by molar-refractivity contribution is 5.97. The molecule has 2 aliphatic rings. The van der Waals surface area contributed by atoms with Crippen molar-refractivity contribution in [3.05, 3.63) is 65.5 Å². The highest BCUT2D eigenvalue weighted by atomic mass is 16.5. The van der Waals surface area contributed by atoms with Crippen LogP contribution in [0.25, 0.3) is 11.3 Å². The number of rotatable bonds is 8. The molecule has 0 saturated carbocycles. The van der Waals surface area contributed by atoms with Crippen molar-refractivity contribution in [3.8, 4) is 29.0 Å².